The molecule has 0 bridgehead atoms. The summed E-state index contributed by atoms with van der Waals surface area (Å²) in [5, 5.41) is 9.68. The lowest BCUT2D eigenvalue weighted by Gasteiger charge is -2.73. The van der Waals surface area contributed by atoms with Gasteiger partial charge < -0.3 is 19.3 Å². The molecule has 0 aromatic carbocycles. The van der Waals surface area contributed by atoms with Gasteiger partial charge in [0.15, 0.2) is 0 Å². The highest BCUT2D eigenvalue weighted by atomic mass is 16.5. The third-order valence-electron chi connectivity index (χ3n) is 19.3. The van der Waals surface area contributed by atoms with Gasteiger partial charge in [-0.2, -0.15) is 0 Å². The number of fused-ring (bicyclic) bond motifs is 7. The summed E-state index contributed by atoms with van der Waals surface area (Å²) in [5.41, 5.74) is 0.721. The van der Waals surface area contributed by atoms with Crippen LogP contribution >= 0.6 is 0 Å². The summed E-state index contributed by atoms with van der Waals surface area (Å²) in [4.78, 5) is 43.0. The first-order chi connectivity index (χ1) is 25.3. The predicted molar refractivity (Wildman–Crippen MR) is 211 cm³/mol. The molecule has 54 heavy (non-hydrogen) atoms. The Hall–Kier alpha value is -2.57. The molecule has 2 heterocycles. The van der Waals surface area contributed by atoms with E-state index in [1.165, 1.54) is 24.8 Å². The van der Waals surface area contributed by atoms with Crippen LogP contribution in [0, 0.1) is 73.9 Å². The fraction of sp³-hybridized carbons (Fsp3) is 0.809. The number of amides is 1. The van der Waals surface area contributed by atoms with Crippen molar-refractivity contribution in [3.63, 3.8) is 0 Å². The molecular weight excluding hydrogens is 673 g/mol. The highest BCUT2D eigenvalue weighted by molar-refractivity contribution is 5.84. The first-order valence-electron chi connectivity index (χ1n) is 21.8. The zero-order valence-corrected chi connectivity index (χ0v) is 34.8. The number of carbonyl (C=O) groups excluding carboxylic acids is 2. The van der Waals surface area contributed by atoms with Gasteiger partial charge in [0.05, 0.1) is 17.3 Å². The van der Waals surface area contributed by atoms with Crippen molar-refractivity contribution in [2.45, 2.75) is 158 Å². The average Bonchev–Trinajstić information content (AvgIpc) is 3.87. The van der Waals surface area contributed by atoms with Crippen LogP contribution in [0.2, 0.25) is 0 Å². The molecule has 1 aromatic heterocycles. The van der Waals surface area contributed by atoms with Crippen molar-refractivity contribution in [1.82, 2.24) is 9.47 Å². The number of likely N-dealkylation sites (tertiary alicyclic amines) is 1. The van der Waals surface area contributed by atoms with E-state index in [4.69, 9.17) is 4.74 Å². The molecule has 7 aliphatic rings. The van der Waals surface area contributed by atoms with Crippen molar-refractivity contribution < 1.29 is 24.2 Å². The van der Waals surface area contributed by atoms with Crippen LogP contribution in [0.5, 0.6) is 0 Å². The highest BCUT2D eigenvalue weighted by Gasteiger charge is 2.72. The first kappa shape index (κ1) is 38.3. The highest BCUT2D eigenvalue weighted by Crippen LogP contribution is 2.78. The minimum atomic E-state index is -0.811. The maximum Gasteiger partial charge on any atom is 0.309 e. The molecule has 13 atom stereocenters. The van der Waals surface area contributed by atoms with Gasteiger partial charge in [-0.15, -0.1) is 0 Å². The van der Waals surface area contributed by atoms with E-state index in [-0.39, 0.29) is 51.1 Å². The second-order valence-corrected chi connectivity index (χ2v) is 21.8. The van der Waals surface area contributed by atoms with Gasteiger partial charge in [-0.3, -0.25) is 14.4 Å². The molecule has 1 aromatic rings. The Balaban J connectivity index is 1.04. The number of rotatable bonds is 7. The monoisotopic (exact) mass is 743 g/mol. The van der Waals surface area contributed by atoms with Gasteiger partial charge in [-0.05, 0) is 154 Å². The zero-order chi connectivity index (χ0) is 38.8. The third-order valence-corrected chi connectivity index (χ3v) is 19.3. The minimum Gasteiger partial charge on any atom is -0.481 e. The van der Waals surface area contributed by atoms with Crippen LogP contribution in [0.15, 0.2) is 36.7 Å². The minimum absolute atomic E-state index is 0.145. The van der Waals surface area contributed by atoms with Gasteiger partial charge >= 0.3 is 11.9 Å². The number of nitrogens with zero attached hydrogens (tertiary/aromatic N) is 2. The van der Waals surface area contributed by atoms with Crippen LogP contribution < -0.4 is 0 Å². The summed E-state index contributed by atoms with van der Waals surface area (Å²) in [5.74, 6) is 0.930. The van der Waals surface area contributed by atoms with Gasteiger partial charge in [0.25, 0.3) is 0 Å². The molecule has 0 radical (unpaired) electrons. The molecule has 1 saturated heterocycles. The largest absolute Gasteiger partial charge is 0.481 e. The quantitative estimate of drug-likeness (QED) is 0.222. The van der Waals surface area contributed by atoms with E-state index in [2.05, 4.69) is 82.1 Å². The third kappa shape index (κ3) is 5.19. The van der Waals surface area contributed by atoms with Crippen molar-refractivity contribution in [2.75, 3.05) is 6.54 Å². The number of hydrogen-bond donors (Lipinski definition) is 1. The second-order valence-electron chi connectivity index (χ2n) is 21.8. The number of esters is 1. The van der Waals surface area contributed by atoms with Gasteiger partial charge in [0, 0.05) is 36.9 Å². The zero-order valence-electron chi connectivity index (χ0n) is 34.8. The van der Waals surface area contributed by atoms with E-state index in [0.29, 0.717) is 41.9 Å². The summed E-state index contributed by atoms with van der Waals surface area (Å²) < 4.78 is 8.71. The van der Waals surface area contributed by atoms with Gasteiger partial charge in [-0.1, -0.05) is 60.6 Å². The van der Waals surface area contributed by atoms with Crippen LogP contribution in [-0.4, -0.2) is 51.1 Å². The molecule has 7 heteroatoms. The molecular formula is C47H70N2O5. The van der Waals surface area contributed by atoms with E-state index in [9.17, 15) is 14.7 Å². The van der Waals surface area contributed by atoms with E-state index >= 15 is 4.79 Å². The standard InChI is InChI=1S/C47H70N2O5/c1-29(2)31-16-21-47(41(53)49-26-12-13-30(49)28-48-24-10-11-25-48)23-22-45(8)32(38(31)47)14-15-36-44(7)19-18-37(43(5,6)35(44)17-20-46(36,45)9)54-40(52)34-27-33(39(50)51)42(34,3)4/h10-11,24-25,30-38H,1,12-23,26-28H2,2-9H3,(H,50,51)/t30-,31-,32+,33-,34+,35-,36+,37-,38+,44-,45+,46+,47-/m0/s1. The summed E-state index contributed by atoms with van der Waals surface area (Å²) in [6.45, 7) is 25.1. The summed E-state index contributed by atoms with van der Waals surface area (Å²) >= 11 is 0. The Morgan fingerprint density at radius 3 is 2.19 bits per heavy atom. The smallest absolute Gasteiger partial charge is 0.309 e. The molecule has 1 amide bonds. The Morgan fingerprint density at radius 2 is 1.52 bits per heavy atom. The fourth-order valence-corrected chi connectivity index (χ4v) is 16.0. The first-order valence-corrected chi connectivity index (χ1v) is 21.8. The van der Waals surface area contributed by atoms with E-state index in [1.54, 1.807) is 0 Å². The van der Waals surface area contributed by atoms with Crippen molar-refractivity contribution >= 4 is 17.8 Å². The molecule has 0 spiro atoms. The van der Waals surface area contributed by atoms with E-state index < -0.39 is 17.3 Å². The van der Waals surface area contributed by atoms with Gasteiger partial charge in [0.1, 0.15) is 6.10 Å². The average molecular weight is 743 g/mol. The van der Waals surface area contributed by atoms with Crippen LogP contribution in [0.25, 0.3) is 0 Å². The lowest BCUT2D eigenvalue weighted by molar-refractivity contribution is -0.251. The number of aromatic nitrogens is 1. The Bertz CT molecular complexity index is 1680. The number of ether oxygens (including phenoxy) is 1. The number of hydrogen-bond acceptors (Lipinski definition) is 4. The van der Waals surface area contributed by atoms with Crippen LogP contribution in [0.3, 0.4) is 0 Å². The normalized spacial score (nSPS) is 45.9. The molecule has 7 fully saturated rings. The number of carboxylic acid groups (broad SMARTS) is 1. The molecule has 7 nitrogen and oxygen atoms in total. The number of carboxylic acids is 1. The Morgan fingerprint density at radius 1 is 0.796 bits per heavy atom. The van der Waals surface area contributed by atoms with Gasteiger partial charge in [-0.25, -0.2) is 0 Å². The summed E-state index contributed by atoms with van der Waals surface area (Å²) in [6, 6.07) is 4.46. The Labute approximate surface area is 325 Å². The van der Waals surface area contributed by atoms with Crippen molar-refractivity contribution in [1.29, 1.82) is 0 Å². The molecule has 1 N–H and O–H groups in total. The van der Waals surface area contributed by atoms with Gasteiger partial charge in [0.2, 0.25) is 5.91 Å². The SMILES string of the molecule is C=C(C)[C@@H]1CC[C@]2(C(=O)N3CCC[C@H]3Cn3cccc3)CC[C@]3(C)[C@H](CC[C@@H]4[C@@]5(C)CC[C@H](OC(=O)[C@H]6C[C@@H](C(=O)O)C6(C)C)C(C)(C)[C@@H]5CC[C@]43C)[C@@H]12. The number of allylic oxidation sites excluding steroid dienone is 1. The number of carbonyl (C=O) groups is 3. The molecule has 6 aliphatic carbocycles. The van der Waals surface area contributed by atoms with Crippen molar-refractivity contribution in [3.05, 3.63) is 36.7 Å². The van der Waals surface area contributed by atoms with Crippen LogP contribution in [-0.2, 0) is 25.7 Å². The Kier molecular flexibility index (Phi) is 9.02. The number of aliphatic carboxylic acids is 1. The summed E-state index contributed by atoms with van der Waals surface area (Å²) in [6.07, 6.45) is 17.6. The second kappa shape index (κ2) is 12.7. The summed E-state index contributed by atoms with van der Waals surface area (Å²) in [7, 11) is 0. The lowest BCUT2D eigenvalue weighted by Crippen LogP contribution is -2.67. The molecule has 8 rings (SSSR count). The van der Waals surface area contributed by atoms with Crippen LogP contribution in [0.1, 0.15) is 139 Å². The molecule has 0 unspecified atom stereocenters. The fourth-order valence-electron chi connectivity index (χ4n) is 16.0. The van der Waals surface area contributed by atoms with E-state index in [0.717, 1.165) is 70.9 Å². The maximum atomic E-state index is 15.2. The maximum absolute atomic E-state index is 15.2. The topological polar surface area (TPSA) is 88.8 Å². The van der Waals surface area contributed by atoms with E-state index in [1.807, 2.05) is 13.8 Å². The lowest BCUT2D eigenvalue weighted by atomic mass is 9.32. The van der Waals surface area contributed by atoms with Crippen molar-refractivity contribution in [2.24, 2.45) is 73.9 Å². The molecule has 298 valence electrons. The predicted octanol–water partition coefficient (Wildman–Crippen LogP) is 9.80. The van der Waals surface area contributed by atoms with Crippen molar-refractivity contribution in [3.8, 4) is 0 Å². The molecule has 1 aliphatic heterocycles. The molecule has 6 saturated carbocycles. The van der Waals surface area contributed by atoms with Crippen LogP contribution in [0.4, 0.5) is 0 Å².